The molecule has 2 rings (SSSR count). The normalized spacial score (nSPS) is 22.8. The SMILES string of the molecule is CN(Cc1ccnc(C(=N)N)c1)CC1CC(O)C1. The largest absolute Gasteiger partial charge is 0.393 e. The average molecular weight is 248 g/mol. The number of hydrogen-bond acceptors (Lipinski definition) is 4. The van der Waals surface area contributed by atoms with E-state index in [0.717, 1.165) is 31.5 Å². The predicted molar refractivity (Wildman–Crippen MR) is 70.3 cm³/mol. The summed E-state index contributed by atoms with van der Waals surface area (Å²) >= 11 is 0. The van der Waals surface area contributed by atoms with Gasteiger partial charge in [0.25, 0.3) is 0 Å². The minimum absolute atomic E-state index is 0.00150. The molecule has 0 bridgehead atoms. The second-order valence-corrected chi connectivity index (χ2v) is 5.15. The molecule has 0 atom stereocenters. The monoisotopic (exact) mass is 248 g/mol. The highest BCUT2D eigenvalue weighted by molar-refractivity contribution is 5.93. The number of rotatable bonds is 5. The van der Waals surface area contributed by atoms with Crippen molar-refractivity contribution in [2.24, 2.45) is 11.7 Å². The smallest absolute Gasteiger partial charge is 0.141 e. The maximum absolute atomic E-state index is 9.25. The second-order valence-electron chi connectivity index (χ2n) is 5.15. The highest BCUT2D eigenvalue weighted by Crippen LogP contribution is 2.27. The maximum atomic E-state index is 9.25. The van der Waals surface area contributed by atoms with Gasteiger partial charge in [-0.25, -0.2) is 0 Å². The Bertz CT molecular complexity index is 429. The molecule has 0 aromatic carbocycles. The van der Waals surface area contributed by atoms with Crippen molar-refractivity contribution in [2.45, 2.75) is 25.5 Å². The Kier molecular flexibility index (Phi) is 3.93. The molecule has 1 aromatic rings. The van der Waals surface area contributed by atoms with Crippen molar-refractivity contribution in [3.05, 3.63) is 29.6 Å². The minimum Gasteiger partial charge on any atom is -0.393 e. The predicted octanol–water partition coefficient (Wildman–Crippen LogP) is 0.568. The molecule has 0 amide bonds. The fourth-order valence-electron chi connectivity index (χ4n) is 2.39. The lowest BCUT2D eigenvalue weighted by molar-refractivity contribution is 0.0274. The highest BCUT2D eigenvalue weighted by atomic mass is 16.3. The van der Waals surface area contributed by atoms with E-state index in [2.05, 4.69) is 16.9 Å². The number of hydrogen-bond donors (Lipinski definition) is 3. The van der Waals surface area contributed by atoms with Gasteiger partial charge in [-0.05, 0) is 43.5 Å². The zero-order chi connectivity index (χ0) is 13.1. The van der Waals surface area contributed by atoms with Crippen molar-refractivity contribution in [3.8, 4) is 0 Å². The fourth-order valence-corrected chi connectivity index (χ4v) is 2.39. The molecule has 1 heterocycles. The van der Waals surface area contributed by atoms with E-state index in [1.165, 1.54) is 0 Å². The first-order valence-corrected chi connectivity index (χ1v) is 6.20. The van der Waals surface area contributed by atoms with Crippen LogP contribution in [-0.4, -0.2) is 40.5 Å². The standard InChI is InChI=1S/C13H20N4O/c1-17(8-10-4-11(18)5-10)7-9-2-3-16-12(6-9)13(14)15/h2-3,6,10-11,18H,4-5,7-8H2,1H3,(H3,14,15). The average Bonchev–Trinajstić information content (AvgIpc) is 2.27. The number of nitrogens with zero attached hydrogens (tertiary/aromatic N) is 2. The summed E-state index contributed by atoms with van der Waals surface area (Å²) in [4.78, 5) is 6.28. The highest BCUT2D eigenvalue weighted by Gasteiger charge is 2.27. The van der Waals surface area contributed by atoms with Crippen LogP contribution in [0.15, 0.2) is 18.3 Å². The zero-order valence-electron chi connectivity index (χ0n) is 10.6. The molecule has 5 nitrogen and oxygen atoms in total. The molecular formula is C13H20N4O. The first-order chi connectivity index (χ1) is 8.54. The molecule has 0 spiro atoms. The Labute approximate surface area is 107 Å². The lowest BCUT2D eigenvalue weighted by atomic mass is 9.82. The summed E-state index contributed by atoms with van der Waals surface area (Å²) < 4.78 is 0. The molecule has 1 aromatic heterocycles. The van der Waals surface area contributed by atoms with Gasteiger partial charge in [-0.15, -0.1) is 0 Å². The molecule has 0 radical (unpaired) electrons. The van der Waals surface area contributed by atoms with E-state index in [1.54, 1.807) is 6.20 Å². The summed E-state index contributed by atoms with van der Waals surface area (Å²) in [5.41, 5.74) is 7.06. The summed E-state index contributed by atoms with van der Waals surface area (Å²) in [5.74, 6) is 0.612. The number of nitrogens with one attached hydrogen (secondary N) is 1. The first-order valence-electron chi connectivity index (χ1n) is 6.20. The Morgan fingerprint density at radius 3 is 2.94 bits per heavy atom. The van der Waals surface area contributed by atoms with E-state index in [-0.39, 0.29) is 11.9 Å². The third-order valence-corrected chi connectivity index (χ3v) is 3.33. The van der Waals surface area contributed by atoms with Crippen LogP contribution >= 0.6 is 0 Å². The molecule has 1 aliphatic rings. The minimum atomic E-state index is -0.0892. The summed E-state index contributed by atoms with van der Waals surface area (Å²) in [6.07, 6.45) is 3.43. The Morgan fingerprint density at radius 1 is 1.61 bits per heavy atom. The van der Waals surface area contributed by atoms with Crippen LogP contribution in [-0.2, 0) is 6.54 Å². The van der Waals surface area contributed by atoms with Gasteiger partial charge in [0.2, 0.25) is 0 Å². The molecule has 5 heteroatoms. The Morgan fingerprint density at radius 2 is 2.33 bits per heavy atom. The van der Waals surface area contributed by atoms with Gasteiger partial charge in [0.05, 0.1) is 6.10 Å². The van der Waals surface area contributed by atoms with E-state index >= 15 is 0 Å². The van der Waals surface area contributed by atoms with Gasteiger partial charge in [-0.1, -0.05) is 0 Å². The first kappa shape index (κ1) is 13.0. The maximum Gasteiger partial charge on any atom is 0.141 e. The molecule has 0 aliphatic heterocycles. The van der Waals surface area contributed by atoms with Crippen LogP contribution in [0, 0.1) is 11.3 Å². The van der Waals surface area contributed by atoms with Crippen LogP contribution in [0.5, 0.6) is 0 Å². The molecule has 0 saturated heterocycles. The van der Waals surface area contributed by atoms with Gasteiger partial charge in [0.1, 0.15) is 11.5 Å². The van der Waals surface area contributed by atoms with Gasteiger partial charge < -0.3 is 15.7 Å². The number of nitrogens with two attached hydrogens (primary N) is 1. The molecular weight excluding hydrogens is 228 g/mol. The van der Waals surface area contributed by atoms with Crippen molar-refractivity contribution in [1.29, 1.82) is 5.41 Å². The van der Waals surface area contributed by atoms with Crippen LogP contribution in [0.25, 0.3) is 0 Å². The lowest BCUT2D eigenvalue weighted by Gasteiger charge is -2.34. The fraction of sp³-hybridized carbons (Fsp3) is 0.538. The number of nitrogen functional groups attached to an aromatic ring is 1. The van der Waals surface area contributed by atoms with E-state index in [9.17, 15) is 5.11 Å². The number of aromatic nitrogens is 1. The molecule has 98 valence electrons. The van der Waals surface area contributed by atoms with E-state index in [1.807, 2.05) is 12.1 Å². The molecule has 1 saturated carbocycles. The number of amidine groups is 1. The second kappa shape index (κ2) is 5.46. The van der Waals surface area contributed by atoms with Crippen LogP contribution in [0.2, 0.25) is 0 Å². The van der Waals surface area contributed by atoms with Crippen molar-refractivity contribution >= 4 is 5.84 Å². The molecule has 1 aliphatic carbocycles. The molecule has 18 heavy (non-hydrogen) atoms. The molecule has 1 fully saturated rings. The third kappa shape index (κ3) is 3.27. The van der Waals surface area contributed by atoms with Crippen molar-refractivity contribution in [1.82, 2.24) is 9.88 Å². The van der Waals surface area contributed by atoms with E-state index < -0.39 is 0 Å². The molecule has 4 N–H and O–H groups in total. The summed E-state index contributed by atoms with van der Waals surface area (Å²) in [5, 5.41) is 16.6. The quantitative estimate of drug-likeness (QED) is 0.525. The van der Waals surface area contributed by atoms with Gasteiger partial charge in [0, 0.05) is 19.3 Å². The number of aliphatic hydroxyl groups is 1. The lowest BCUT2D eigenvalue weighted by Crippen LogP contribution is -2.36. The van der Waals surface area contributed by atoms with Crippen molar-refractivity contribution in [2.75, 3.05) is 13.6 Å². The summed E-state index contributed by atoms with van der Waals surface area (Å²) in [6, 6.07) is 3.80. The molecule has 0 unspecified atom stereocenters. The van der Waals surface area contributed by atoms with Gasteiger partial charge >= 0.3 is 0 Å². The topological polar surface area (TPSA) is 86.2 Å². The number of pyridine rings is 1. The Balaban J connectivity index is 1.88. The van der Waals surface area contributed by atoms with Crippen molar-refractivity contribution < 1.29 is 5.11 Å². The van der Waals surface area contributed by atoms with E-state index in [4.69, 9.17) is 11.1 Å². The van der Waals surface area contributed by atoms with Gasteiger partial charge in [-0.3, -0.25) is 10.4 Å². The summed E-state index contributed by atoms with van der Waals surface area (Å²) in [7, 11) is 2.07. The van der Waals surface area contributed by atoms with Gasteiger partial charge in [0.15, 0.2) is 0 Å². The summed E-state index contributed by atoms with van der Waals surface area (Å²) in [6.45, 7) is 1.81. The number of aliphatic hydroxyl groups excluding tert-OH is 1. The third-order valence-electron chi connectivity index (χ3n) is 3.33. The van der Waals surface area contributed by atoms with E-state index in [0.29, 0.717) is 11.6 Å². The van der Waals surface area contributed by atoms with Crippen LogP contribution < -0.4 is 5.73 Å². The zero-order valence-corrected chi connectivity index (χ0v) is 10.6. The van der Waals surface area contributed by atoms with Gasteiger partial charge in [-0.2, -0.15) is 0 Å². The van der Waals surface area contributed by atoms with Crippen molar-refractivity contribution in [3.63, 3.8) is 0 Å². The van der Waals surface area contributed by atoms with Crippen LogP contribution in [0.1, 0.15) is 24.1 Å². The van der Waals surface area contributed by atoms with Crippen LogP contribution in [0.3, 0.4) is 0 Å². The van der Waals surface area contributed by atoms with Crippen LogP contribution in [0.4, 0.5) is 0 Å². The Hall–Kier alpha value is -1.46.